The second-order valence-electron chi connectivity index (χ2n) is 2.84. The molecule has 0 unspecified atom stereocenters. The molecule has 1 aromatic carbocycles. The molecule has 0 saturated carbocycles. The Morgan fingerprint density at radius 1 is 1.33 bits per heavy atom. The van der Waals surface area contributed by atoms with Crippen molar-refractivity contribution >= 4 is 11.6 Å². The molecule has 0 aliphatic rings. The monoisotopic (exact) mass is 215 g/mol. The van der Waals surface area contributed by atoms with E-state index in [4.69, 9.17) is 4.74 Å². The highest BCUT2D eigenvalue weighted by molar-refractivity contribution is 5.91. The van der Waals surface area contributed by atoms with Crippen LogP contribution in [0, 0.1) is 11.6 Å². The summed E-state index contributed by atoms with van der Waals surface area (Å²) in [7, 11) is 0. The molecule has 0 heterocycles. The van der Waals surface area contributed by atoms with E-state index in [-0.39, 0.29) is 12.3 Å². The molecule has 1 rings (SSSR count). The van der Waals surface area contributed by atoms with Crippen molar-refractivity contribution in [3.63, 3.8) is 0 Å². The number of benzene rings is 1. The summed E-state index contributed by atoms with van der Waals surface area (Å²) in [5, 5.41) is 2.31. The largest absolute Gasteiger partial charge is 0.372 e. The van der Waals surface area contributed by atoms with Crippen molar-refractivity contribution in [3.8, 4) is 0 Å². The van der Waals surface area contributed by atoms with Gasteiger partial charge in [0.2, 0.25) is 5.91 Å². The number of hydrogen-bond acceptors (Lipinski definition) is 2. The molecule has 5 heteroatoms. The van der Waals surface area contributed by atoms with E-state index in [0.717, 1.165) is 18.2 Å². The van der Waals surface area contributed by atoms with Crippen LogP contribution >= 0.6 is 0 Å². The third kappa shape index (κ3) is 4.03. The third-order valence-electron chi connectivity index (χ3n) is 1.58. The average molecular weight is 215 g/mol. The van der Waals surface area contributed by atoms with Gasteiger partial charge in [-0.2, -0.15) is 0 Å². The summed E-state index contributed by atoms with van der Waals surface area (Å²) in [4.78, 5) is 11.1. The van der Waals surface area contributed by atoms with Gasteiger partial charge in [-0.3, -0.25) is 4.79 Å². The first-order chi connectivity index (χ1) is 7.11. The minimum atomic E-state index is -0.735. The molecule has 0 aliphatic heterocycles. The summed E-state index contributed by atoms with van der Waals surface area (Å²) < 4.78 is 30.2. The fourth-order valence-electron chi connectivity index (χ4n) is 1.02. The van der Waals surface area contributed by atoms with Crippen LogP contribution in [0.1, 0.15) is 6.92 Å². The quantitative estimate of drug-likeness (QED) is 0.833. The van der Waals surface area contributed by atoms with Crippen LogP contribution < -0.4 is 5.32 Å². The van der Waals surface area contributed by atoms with Crippen molar-refractivity contribution in [2.75, 3.05) is 18.5 Å². The Morgan fingerprint density at radius 2 is 1.93 bits per heavy atom. The van der Waals surface area contributed by atoms with Crippen LogP contribution in [-0.2, 0) is 9.53 Å². The highest BCUT2D eigenvalue weighted by Gasteiger charge is 2.04. The van der Waals surface area contributed by atoms with E-state index < -0.39 is 17.5 Å². The summed E-state index contributed by atoms with van der Waals surface area (Å²) in [5.74, 6) is -1.91. The van der Waals surface area contributed by atoms with Gasteiger partial charge >= 0.3 is 0 Å². The van der Waals surface area contributed by atoms with Gasteiger partial charge in [-0.15, -0.1) is 0 Å². The van der Waals surface area contributed by atoms with Gasteiger partial charge < -0.3 is 10.1 Å². The lowest BCUT2D eigenvalue weighted by molar-refractivity contribution is -0.120. The normalized spacial score (nSPS) is 10.1. The maximum atomic E-state index is 12.7. The molecule has 0 saturated heterocycles. The van der Waals surface area contributed by atoms with E-state index >= 15 is 0 Å². The number of carbonyl (C=O) groups excluding carboxylic acids is 1. The van der Waals surface area contributed by atoms with Crippen molar-refractivity contribution in [3.05, 3.63) is 29.8 Å². The minimum absolute atomic E-state index is 0.0807. The van der Waals surface area contributed by atoms with E-state index in [0.29, 0.717) is 6.61 Å². The van der Waals surface area contributed by atoms with Gasteiger partial charge in [-0.1, -0.05) is 0 Å². The Balaban J connectivity index is 2.60. The summed E-state index contributed by atoms with van der Waals surface area (Å²) >= 11 is 0. The lowest BCUT2D eigenvalue weighted by Crippen LogP contribution is -2.18. The molecule has 15 heavy (non-hydrogen) atoms. The SMILES string of the molecule is CCOCC(=O)Nc1cc(F)cc(F)c1. The van der Waals surface area contributed by atoms with Crippen LogP contribution in [0.2, 0.25) is 0 Å². The van der Waals surface area contributed by atoms with Gasteiger partial charge in [0.1, 0.15) is 18.2 Å². The van der Waals surface area contributed by atoms with Crippen molar-refractivity contribution in [2.24, 2.45) is 0 Å². The zero-order valence-corrected chi connectivity index (χ0v) is 8.22. The highest BCUT2D eigenvalue weighted by atomic mass is 19.1. The number of halogens is 2. The van der Waals surface area contributed by atoms with Crippen molar-refractivity contribution in [2.45, 2.75) is 6.92 Å². The van der Waals surface area contributed by atoms with Gasteiger partial charge in [0, 0.05) is 18.4 Å². The summed E-state index contributed by atoms with van der Waals surface area (Å²) in [6.45, 7) is 2.02. The van der Waals surface area contributed by atoms with Crippen molar-refractivity contribution in [1.82, 2.24) is 0 Å². The maximum Gasteiger partial charge on any atom is 0.250 e. The van der Waals surface area contributed by atoms with Crippen molar-refractivity contribution in [1.29, 1.82) is 0 Å². The number of ether oxygens (including phenoxy) is 1. The smallest absolute Gasteiger partial charge is 0.250 e. The minimum Gasteiger partial charge on any atom is -0.372 e. The van der Waals surface area contributed by atoms with Gasteiger partial charge in [-0.05, 0) is 19.1 Å². The maximum absolute atomic E-state index is 12.7. The Hall–Kier alpha value is -1.49. The molecule has 0 aliphatic carbocycles. The third-order valence-corrected chi connectivity index (χ3v) is 1.58. The summed E-state index contributed by atoms with van der Waals surface area (Å²) in [6.07, 6.45) is 0. The average Bonchev–Trinajstić information content (AvgIpc) is 2.13. The second-order valence-corrected chi connectivity index (χ2v) is 2.84. The molecular weight excluding hydrogens is 204 g/mol. The van der Waals surface area contributed by atoms with E-state index in [2.05, 4.69) is 5.32 Å². The predicted octanol–water partition coefficient (Wildman–Crippen LogP) is 1.94. The van der Waals surface area contributed by atoms with Crippen LogP contribution in [0.5, 0.6) is 0 Å². The molecule has 0 bridgehead atoms. The molecule has 1 N–H and O–H groups in total. The standard InChI is InChI=1S/C10H11F2NO2/c1-2-15-6-10(14)13-9-4-7(11)3-8(12)5-9/h3-5H,2,6H2,1H3,(H,13,14). The fourth-order valence-corrected chi connectivity index (χ4v) is 1.02. The summed E-state index contributed by atoms with van der Waals surface area (Å²) in [5.41, 5.74) is 0.0807. The van der Waals surface area contributed by atoms with Gasteiger partial charge in [-0.25, -0.2) is 8.78 Å². The number of anilines is 1. The summed E-state index contributed by atoms with van der Waals surface area (Å²) in [6, 6.07) is 2.80. The zero-order chi connectivity index (χ0) is 11.3. The van der Waals surface area contributed by atoms with E-state index in [1.807, 2.05) is 0 Å². The van der Waals surface area contributed by atoms with E-state index in [1.54, 1.807) is 6.92 Å². The first-order valence-electron chi connectivity index (χ1n) is 4.45. The Labute approximate surface area is 86.0 Å². The lowest BCUT2D eigenvalue weighted by Gasteiger charge is -2.05. The Bertz CT molecular complexity index is 335. The van der Waals surface area contributed by atoms with Gasteiger partial charge in [0.15, 0.2) is 0 Å². The molecule has 0 spiro atoms. The molecular formula is C10H11F2NO2. The lowest BCUT2D eigenvalue weighted by atomic mass is 10.3. The van der Waals surface area contributed by atoms with Crippen LogP contribution in [0.15, 0.2) is 18.2 Å². The van der Waals surface area contributed by atoms with Crippen molar-refractivity contribution < 1.29 is 18.3 Å². The van der Waals surface area contributed by atoms with Crippen LogP contribution in [0.3, 0.4) is 0 Å². The molecule has 0 atom stereocenters. The molecule has 82 valence electrons. The number of amides is 1. The Morgan fingerprint density at radius 3 is 2.47 bits per heavy atom. The van der Waals surface area contributed by atoms with Crippen LogP contribution in [-0.4, -0.2) is 19.1 Å². The molecule has 3 nitrogen and oxygen atoms in total. The number of hydrogen-bond donors (Lipinski definition) is 1. The number of nitrogens with one attached hydrogen (secondary N) is 1. The molecule has 0 fully saturated rings. The van der Waals surface area contributed by atoms with Crippen LogP contribution in [0.25, 0.3) is 0 Å². The second kappa shape index (κ2) is 5.41. The number of carbonyl (C=O) groups is 1. The molecule has 0 aromatic heterocycles. The van der Waals surface area contributed by atoms with E-state index in [9.17, 15) is 13.6 Å². The Kier molecular flexibility index (Phi) is 4.17. The topological polar surface area (TPSA) is 38.3 Å². The fraction of sp³-hybridized carbons (Fsp3) is 0.300. The first kappa shape index (κ1) is 11.6. The first-order valence-corrected chi connectivity index (χ1v) is 4.45. The van der Waals surface area contributed by atoms with Gasteiger partial charge in [0.25, 0.3) is 0 Å². The highest BCUT2D eigenvalue weighted by Crippen LogP contribution is 2.12. The zero-order valence-electron chi connectivity index (χ0n) is 8.22. The van der Waals surface area contributed by atoms with Gasteiger partial charge in [0.05, 0.1) is 0 Å². The molecule has 1 amide bonds. The van der Waals surface area contributed by atoms with Crippen LogP contribution in [0.4, 0.5) is 14.5 Å². The predicted molar refractivity (Wildman–Crippen MR) is 51.5 cm³/mol. The molecule has 0 radical (unpaired) electrons. The van der Waals surface area contributed by atoms with E-state index in [1.165, 1.54) is 0 Å². The number of rotatable bonds is 4. The molecule has 1 aromatic rings.